The molecule has 2 N–H and O–H groups in total. The molecule has 0 fully saturated rings. The molecule has 0 rings (SSSR count). The Labute approximate surface area is 89.8 Å². The predicted molar refractivity (Wildman–Crippen MR) is 55.5 cm³/mol. The third kappa shape index (κ3) is 4.29. The quantitative estimate of drug-likeness (QED) is 0.638. The molecule has 0 aromatic carbocycles. The maximum Gasteiger partial charge on any atom is 0.323 e. The largest absolute Gasteiger partial charge is 0.480 e. The van der Waals surface area contributed by atoms with Gasteiger partial charge in [0, 0.05) is 0 Å². The zero-order chi connectivity index (χ0) is 12.0. The molecular weight excluding hydrogens is 198 g/mol. The van der Waals surface area contributed by atoms with Crippen LogP contribution >= 0.6 is 0 Å². The van der Waals surface area contributed by atoms with E-state index >= 15 is 0 Å². The first-order valence-electron chi connectivity index (χ1n) is 5.00. The smallest absolute Gasteiger partial charge is 0.323 e. The number of carboxylic acid groups (broad SMARTS) is 1. The number of rotatable bonds is 6. The normalized spacial score (nSPS) is 16.5. The van der Waals surface area contributed by atoms with Gasteiger partial charge in [-0.3, -0.25) is 14.9 Å². The minimum atomic E-state index is -0.979. The maximum absolute atomic E-state index is 11.4. The summed E-state index contributed by atoms with van der Waals surface area (Å²) in [5.74, 6) is -1.36. The van der Waals surface area contributed by atoms with Crippen LogP contribution in [0, 0.1) is 5.92 Å². The van der Waals surface area contributed by atoms with Crippen molar-refractivity contribution in [2.75, 3.05) is 7.11 Å². The summed E-state index contributed by atoms with van der Waals surface area (Å²) in [6, 6.07) is -1.32. The van der Waals surface area contributed by atoms with Gasteiger partial charge in [-0.2, -0.15) is 0 Å². The number of methoxy groups -OCH3 is 1. The third-order valence-electron chi connectivity index (χ3n) is 2.47. The Morgan fingerprint density at radius 1 is 1.40 bits per heavy atom. The second-order valence-corrected chi connectivity index (χ2v) is 3.61. The summed E-state index contributed by atoms with van der Waals surface area (Å²) in [7, 11) is 1.30. The molecule has 0 amide bonds. The first-order valence-corrected chi connectivity index (χ1v) is 5.00. The molecule has 5 nitrogen and oxygen atoms in total. The second kappa shape index (κ2) is 6.40. The number of ether oxygens (including phenoxy) is 1. The summed E-state index contributed by atoms with van der Waals surface area (Å²) < 4.78 is 4.62. The average molecular weight is 217 g/mol. The number of hydrogen-bond acceptors (Lipinski definition) is 4. The molecule has 0 heterocycles. The van der Waals surface area contributed by atoms with E-state index in [0.717, 1.165) is 6.42 Å². The molecule has 0 bridgehead atoms. The van der Waals surface area contributed by atoms with E-state index in [0.29, 0.717) is 0 Å². The molecule has 3 atom stereocenters. The van der Waals surface area contributed by atoms with E-state index in [1.54, 1.807) is 0 Å². The molecule has 0 saturated carbocycles. The van der Waals surface area contributed by atoms with Gasteiger partial charge in [0.25, 0.3) is 0 Å². The van der Waals surface area contributed by atoms with Crippen molar-refractivity contribution in [3.8, 4) is 0 Å². The van der Waals surface area contributed by atoms with Crippen molar-refractivity contribution in [2.24, 2.45) is 5.92 Å². The highest BCUT2D eigenvalue weighted by Gasteiger charge is 2.27. The Bertz CT molecular complexity index is 229. The SMILES string of the molecule is CCC(C)C(NC(C)C(=O)O)C(=O)OC. The number of carbonyl (C=O) groups is 2. The van der Waals surface area contributed by atoms with Crippen LogP contribution in [0.4, 0.5) is 0 Å². The number of hydrogen-bond donors (Lipinski definition) is 2. The summed E-state index contributed by atoms with van der Waals surface area (Å²) in [4.78, 5) is 22.0. The number of carboxylic acids is 1. The van der Waals surface area contributed by atoms with Crippen LogP contribution in [0.25, 0.3) is 0 Å². The number of carbonyl (C=O) groups excluding carboxylic acids is 1. The van der Waals surface area contributed by atoms with Gasteiger partial charge in [0.15, 0.2) is 0 Å². The van der Waals surface area contributed by atoms with Gasteiger partial charge in [0.2, 0.25) is 0 Å². The molecule has 0 aliphatic carbocycles. The standard InChI is InChI=1S/C10H19NO4/c1-5-6(2)8(10(14)15-4)11-7(3)9(12)13/h6-8,11H,5H2,1-4H3,(H,12,13). The lowest BCUT2D eigenvalue weighted by molar-refractivity contribution is -0.146. The first kappa shape index (κ1) is 13.9. The molecule has 0 spiro atoms. The van der Waals surface area contributed by atoms with Gasteiger partial charge in [-0.05, 0) is 12.8 Å². The molecule has 3 unspecified atom stereocenters. The molecule has 0 saturated heterocycles. The summed E-state index contributed by atoms with van der Waals surface area (Å²) in [5, 5.41) is 11.5. The van der Waals surface area contributed by atoms with E-state index < -0.39 is 24.0 Å². The fraction of sp³-hybridized carbons (Fsp3) is 0.800. The highest BCUT2D eigenvalue weighted by Crippen LogP contribution is 2.10. The maximum atomic E-state index is 11.4. The molecule has 88 valence electrons. The van der Waals surface area contributed by atoms with Crippen LogP contribution < -0.4 is 5.32 Å². The Hall–Kier alpha value is -1.10. The number of nitrogens with one attached hydrogen (secondary N) is 1. The Morgan fingerprint density at radius 3 is 2.27 bits per heavy atom. The fourth-order valence-corrected chi connectivity index (χ4v) is 1.17. The summed E-state index contributed by atoms with van der Waals surface area (Å²) >= 11 is 0. The van der Waals surface area contributed by atoms with Gasteiger partial charge < -0.3 is 9.84 Å². The zero-order valence-electron chi connectivity index (χ0n) is 9.61. The zero-order valence-corrected chi connectivity index (χ0v) is 9.61. The van der Waals surface area contributed by atoms with Crippen LogP contribution in [-0.2, 0) is 14.3 Å². The lowest BCUT2D eigenvalue weighted by atomic mass is 9.98. The van der Waals surface area contributed by atoms with Crippen molar-refractivity contribution in [1.29, 1.82) is 0 Å². The molecule has 5 heteroatoms. The second-order valence-electron chi connectivity index (χ2n) is 3.61. The van der Waals surface area contributed by atoms with Crippen molar-refractivity contribution in [3.63, 3.8) is 0 Å². The van der Waals surface area contributed by atoms with E-state index in [1.807, 2.05) is 13.8 Å². The summed E-state index contributed by atoms with van der Waals surface area (Å²) in [5.41, 5.74) is 0. The Balaban J connectivity index is 4.50. The van der Waals surface area contributed by atoms with E-state index in [1.165, 1.54) is 14.0 Å². The van der Waals surface area contributed by atoms with E-state index in [4.69, 9.17) is 5.11 Å². The third-order valence-corrected chi connectivity index (χ3v) is 2.47. The van der Waals surface area contributed by atoms with Crippen molar-refractivity contribution >= 4 is 11.9 Å². The average Bonchev–Trinajstić information content (AvgIpc) is 2.23. The van der Waals surface area contributed by atoms with Crippen molar-refractivity contribution in [2.45, 2.75) is 39.3 Å². The predicted octanol–water partition coefficient (Wildman–Crippen LogP) is 0.637. The van der Waals surface area contributed by atoms with E-state index in [9.17, 15) is 9.59 Å². The number of esters is 1. The van der Waals surface area contributed by atoms with Crippen molar-refractivity contribution in [3.05, 3.63) is 0 Å². The van der Waals surface area contributed by atoms with Gasteiger partial charge in [-0.15, -0.1) is 0 Å². The Morgan fingerprint density at radius 2 is 1.93 bits per heavy atom. The molecule has 0 aromatic heterocycles. The van der Waals surface area contributed by atoms with Gasteiger partial charge >= 0.3 is 11.9 Å². The van der Waals surface area contributed by atoms with Crippen LogP contribution in [-0.4, -0.2) is 36.2 Å². The van der Waals surface area contributed by atoms with Gasteiger partial charge in [-0.25, -0.2) is 0 Å². The number of aliphatic carboxylic acids is 1. The first-order chi connectivity index (χ1) is 6.93. The lowest BCUT2D eigenvalue weighted by Gasteiger charge is -2.23. The minimum absolute atomic E-state index is 0.0410. The Kier molecular flexibility index (Phi) is 5.93. The lowest BCUT2D eigenvalue weighted by Crippen LogP contribution is -2.49. The van der Waals surface area contributed by atoms with Crippen LogP contribution in [0.1, 0.15) is 27.2 Å². The van der Waals surface area contributed by atoms with Crippen LogP contribution in [0.2, 0.25) is 0 Å². The fourth-order valence-electron chi connectivity index (χ4n) is 1.17. The van der Waals surface area contributed by atoms with Crippen LogP contribution in [0.3, 0.4) is 0 Å². The van der Waals surface area contributed by atoms with Crippen molar-refractivity contribution in [1.82, 2.24) is 5.32 Å². The highest BCUT2D eigenvalue weighted by molar-refractivity contribution is 5.78. The van der Waals surface area contributed by atoms with Crippen LogP contribution in [0.15, 0.2) is 0 Å². The monoisotopic (exact) mass is 217 g/mol. The molecular formula is C10H19NO4. The molecule has 0 aromatic rings. The van der Waals surface area contributed by atoms with E-state index in [-0.39, 0.29) is 5.92 Å². The highest BCUT2D eigenvalue weighted by atomic mass is 16.5. The molecule has 15 heavy (non-hydrogen) atoms. The topological polar surface area (TPSA) is 75.6 Å². The summed E-state index contributed by atoms with van der Waals surface area (Å²) in [6.07, 6.45) is 0.777. The van der Waals surface area contributed by atoms with Crippen molar-refractivity contribution < 1.29 is 19.4 Å². The minimum Gasteiger partial charge on any atom is -0.480 e. The summed E-state index contributed by atoms with van der Waals surface area (Å²) in [6.45, 7) is 5.32. The molecule has 0 aliphatic rings. The molecule has 0 radical (unpaired) electrons. The van der Waals surface area contributed by atoms with Crippen LogP contribution in [0.5, 0.6) is 0 Å². The van der Waals surface area contributed by atoms with E-state index in [2.05, 4.69) is 10.1 Å². The van der Waals surface area contributed by atoms with Gasteiger partial charge in [0.05, 0.1) is 7.11 Å². The van der Waals surface area contributed by atoms with Gasteiger partial charge in [0.1, 0.15) is 12.1 Å². The molecule has 0 aliphatic heterocycles. The van der Waals surface area contributed by atoms with Gasteiger partial charge in [-0.1, -0.05) is 20.3 Å².